The Morgan fingerprint density at radius 2 is 0.599 bits per heavy atom. The van der Waals surface area contributed by atoms with Crippen LogP contribution in [0.4, 0.5) is 0 Å². The lowest BCUT2D eigenvalue weighted by atomic mass is 10.2. The molecule has 0 saturated heterocycles. The maximum absolute atomic E-state index is 8.28. The first-order valence-corrected chi connectivity index (χ1v) is 45.0. The van der Waals surface area contributed by atoms with Crippen LogP contribution in [-0.2, 0) is 38.6 Å². The number of hydrogen-bond donors (Lipinski definition) is 17. The van der Waals surface area contributed by atoms with Crippen molar-refractivity contribution in [2.75, 3.05) is 71.0 Å². The molecule has 1 heterocycles. The molecule has 0 aliphatic heterocycles. The number of hydroxylamine groups is 8. The number of thioether (sulfide) groups is 1. The summed E-state index contributed by atoms with van der Waals surface area (Å²) in [6.07, 6.45) is 17.9. The minimum absolute atomic E-state index is 0.0475. The summed E-state index contributed by atoms with van der Waals surface area (Å²) in [7, 11) is 0. The number of pyridine rings is 1. The topological polar surface area (TPSA) is 609 Å². The molecule has 0 aliphatic rings. The third kappa shape index (κ3) is 65.8. The second kappa shape index (κ2) is 81.9. The monoisotopic (exact) mass is 2090 g/mol. The van der Waals surface area contributed by atoms with Gasteiger partial charge in [0.25, 0.3) is 0 Å². The minimum atomic E-state index is -0.187. The fraction of sp³-hybridized carbons (Fsp3) is 0.235. The van der Waals surface area contributed by atoms with E-state index >= 15 is 0 Å². The summed E-state index contributed by atoms with van der Waals surface area (Å²) >= 11 is 55.0. The molecule has 0 saturated carbocycles. The van der Waals surface area contributed by atoms with E-state index < -0.39 is 0 Å². The summed E-state index contributed by atoms with van der Waals surface area (Å²) in [6, 6.07) is 50.6. The molecule has 0 radical (unpaired) electrons. The summed E-state index contributed by atoms with van der Waals surface area (Å²) in [5.41, 5.74) is 69.3. The van der Waals surface area contributed by atoms with Crippen LogP contribution < -0.4 is 89.7 Å². The van der Waals surface area contributed by atoms with Crippen LogP contribution in [-0.4, -0.2) is 179 Å². The van der Waals surface area contributed by atoms with E-state index in [1.165, 1.54) is 55.9 Å². The van der Waals surface area contributed by atoms with Gasteiger partial charge in [0.1, 0.15) is 0 Å². The Bertz CT molecular complexity index is 5090. The lowest BCUT2D eigenvalue weighted by Gasteiger charge is -2.04. The molecule has 25 N–H and O–H groups in total. The quantitative estimate of drug-likeness (QED) is 0.00562. The molecule has 740 valence electrons. The maximum atomic E-state index is 8.28. The Kier molecular flexibility index (Phi) is 73.2. The van der Waals surface area contributed by atoms with Crippen LogP contribution in [0.5, 0.6) is 0 Å². The Labute approximate surface area is 844 Å². The summed E-state index contributed by atoms with van der Waals surface area (Å²) in [5.74, 6) is 2.32. The molecule has 42 nitrogen and oxygen atoms in total. The molecule has 0 unspecified atom stereocenters. The molecule has 0 aliphatic carbocycles. The van der Waals surface area contributed by atoms with Gasteiger partial charge in [-0.1, -0.05) is 245 Å². The van der Waals surface area contributed by atoms with Gasteiger partial charge in [-0.05, 0) is 108 Å². The Morgan fingerprint density at radius 3 is 0.883 bits per heavy atom. The zero-order valence-corrected chi connectivity index (χ0v) is 83.4. The lowest BCUT2D eigenvalue weighted by Crippen LogP contribution is -2.32. The van der Waals surface area contributed by atoms with Gasteiger partial charge in [-0.15, -0.1) is 40.8 Å². The van der Waals surface area contributed by atoms with E-state index in [0.717, 1.165) is 56.9 Å². The first-order valence-electron chi connectivity index (χ1n) is 40.4. The Morgan fingerprint density at radius 1 is 0.321 bits per heavy atom. The first kappa shape index (κ1) is 123. The van der Waals surface area contributed by atoms with Gasteiger partial charge in [0.2, 0.25) is 47.7 Å². The second-order valence-corrected chi connectivity index (χ2v) is 29.7. The number of nitrogens with zero attached hydrogens (tertiary/aromatic N) is 17. The minimum Gasteiger partial charge on any atom is -0.379 e. The van der Waals surface area contributed by atoms with Gasteiger partial charge in [-0.3, -0.25) is 44.1 Å². The second-order valence-electron chi connectivity index (χ2n) is 24.7. The highest BCUT2D eigenvalue weighted by Gasteiger charge is 2.05. The van der Waals surface area contributed by atoms with E-state index in [2.05, 4.69) is 132 Å². The number of rotatable bonds is 38. The van der Waals surface area contributed by atoms with Crippen molar-refractivity contribution in [3.63, 3.8) is 0 Å². The molecular formula is C85H112Cl9N33O9S. The summed E-state index contributed by atoms with van der Waals surface area (Å²) in [6.45, 7) is 19.9. The van der Waals surface area contributed by atoms with Crippen LogP contribution in [0.15, 0.2) is 276 Å². The highest BCUT2D eigenvalue weighted by Crippen LogP contribution is 2.23. The van der Waals surface area contributed by atoms with Gasteiger partial charge in [-0.2, -0.15) is 52.6 Å². The molecule has 0 spiro atoms. The SMILES string of the molecule is CC(C)=CCONC(N)=N/N=C/c1ccccc1Cl.CCCONC(N)=N/N=C/c1ccccc1Cl.CCOCCONC(N)=N/N=C/c1ccccc1Cl.CCONC(N)=N/N=C/c1c(Cl)cccc1Cl.CCONC(N)=N/N=C/c1ccccc1Cl.CCONC(N)=N/N=C/c1ccncc1Cl.CCSCCONC(N)=N/N=C/c1ccccc1Cl.NC(=N/N=C/c1ccccc1Cl)NO. The van der Waals surface area contributed by atoms with E-state index in [-0.39, 0.29) is 47.7 Å². The van der Waals surface area contributed by atoms with Gasteiger partial charge in [-0.25, -0.2) is 43.8 Å². The third-order valence-electron chi connectivity index (χ3n) is 13.9. The Hall–Kier alpha value is -12.5. The van der Waals surface area contributed by atoms with E-state index in [0.29, 0.717) is 116 Å². The Balaban J connectivity index is 0.000000784. The van der Waals surface area contributed by atoms with Gasteiger partial charge < -0.3 is 50.6 Å². The number of nitrogens with two attached hydrogens (primary N) is 8. The predicted octanol–water partition coefficient (Wildman–Crippen LogP) is 13.8. The van der Waals surface area contributed by atoms with Crippen LogP contribution in [0.1, 0.15) is 106 Å². The maximum Gasteiger partial charge on any atom is 0.237 e. The molecule has 0 bridgehead atoms. The van der Waals surface area contributed by atoms with E-state index in [4.69, 9.17) is 194 Å². The van der Waals surface area contributed by atoms with Crippen molar-refractivity contribution in [3.8, 4) is 0 Å². The molecule has 137 heavy (non-hydrogen) atoms. The number of halogens is 9. The van der Waals surface area contributed by atoms with Crippen LogP contribution >= 0.6 is 116 Å². The largest absolute Gasteiger partial charge is 0.379 e. The fourth-order valence-electron chi connectivity index (χ4n) is 7.72. The molecule has 0 fully saturated rings. The van der Waals surface area contributed by atoms with Crippen LogP contribution in [0.25, 0.3) is 0 Å². The zero-order valence-electron chi connectivity index (χ0n) is 75.7. The van der Waals surface area contributed by atoms with Gasteiger partial charge in [0.05, 0.1) is 118 Å². The molecule has 0 amide bonds. The highest BCUT2D eigenvalue weighted by molar-refractivity contribution is 7.99. The molecule has 7 aromatic carbocycles. The number of aromatic nitrogens is 1. The van der Waals surface area contributed by atoms with Crippen LogP contribution in [0.3, 0.4) is 0 Å². The van der Waals surface area contributed by atoms with E-state index in [9.17, 15) is 0 Å². The summed E-state index contributed by atoms with van der Waals surface area (Å²) in [5, 5.41) is 72.7. The summed E-state index contributed by atoms with van der Waals surface area (Å²) < 4.78 is 5.08. The van der Waals surface area contributed by atoms with Crippen molar-refractivity contribution in [1.82, 2.24) is 48.8 Å². The van der Waals surface area contributed by atoms with Crippen molar-refractivity contribution < 1.29 is 43.8 Å². The molecule has 8 rings (SSSR count). The van der Waals surface area contributed by atoms with Crippen molar-refractivity contribution in [1.29, 1.82) is 0 Å². The zero-order chi connectivity index (χ0) is 101. The molecular weight excluding hydrogens is 1980 g/mol. The van der Waals surface area contributed by atoms with Crippen molar-refractivity contribution >= 4 is 214 Å². The smallest absolute Gasteiger partial charge is 0.237 e. The number of benzene rings is 7. The van der Waals surface area contributed by atoms with E-state index in [1.807, 2.05) is 158 Å². The third-order valence-corrected chi connectivity index (χ3v) is 17.8. The highest BCUT2D eigenvalue weighted by atomic mass is 35.5. The number of guanidine groups is 8. The van der Waals surface area contributed by atoms with Crippen molar-refractivity contribution in [2.45, 2.75) is 61.8 Å². The van der Waals surface area contributed by atoms with Crippen molar-refractivity contribution in [2.24, 2.45) is 127 Å². The summed E-state index contributed by atoms with van der Waals surface area (Å²) in [4.78, 5) is 38.4. The van der Waals surface area contributed by atoms with Gasteiger partial charge in [0, 0.05) is 99.4 Å². The predicted molar refractivity (Wildman–Crippen MR) is 563 cm³/mol. The van der Waals surface area contributed by atoms with Gasteiger partial charge in [0.15, 0.2) is 0 Å². The molecule has 0 atom stereocenters. The van der Waals surface area contributed by atoms with Crippen LogP contribution in [0.2, 0.25) is 45.2 Å². The number of hydrogen-bond acceptors (Lipinski definition) is 27. The molecule has 8 aromatic rings. The fourth-order valence-corrected chi connectivity index (χ4v) is 9.98. The molecule has 52 heteroatoms. The normalized spacial score (nSPS) is 12.0. The average molecular weight is 2090 g/mol. The van der Waals surface area contributed by atoms with E-state index in [1.54, 1.807) is 90.2 Å². The lowest BCUT2D eigenvalue weighted by molar-refractivity contribution is 0.0246. The number of nitrogens with one attached hydrogen (secondary N) is 8. The average Bonchev–Trinajstić information content (AvgIpc) is 0.874. The van der Waals surface area contributed by atoms with Crippen molar-refractivity contribution in [3.05, 3.63) is 284 Å². The number of allylic oxidation sites excluding steroid dienone is 1. The first-order chi connectivity index (χ1) is 66.2. The van der Waals surface area contributed by atoms with Crippen LogP contribution in [0, 0.1) is 0 Å². The number of ether oxygens (including phenoxy) is 1. The van der Waals surface area contributed by atoms with Gasteiger partial charge >= 0.3 is 0 Å². The standard InChI is InChI=1S/C13H17ClN4O.C12H17ClN4O2.C12H17ClN4OS.C11H15ClN4O.C10H12Cl2N4O.C10H13ClN4O.C9H12ClN5O.C8H9ClN4O/c1-10(2)7-8-19-18-13(15)17-16-9-11-5-3-4-6-12(11)14;1-2-18-7-8-19-17-12(14)16-15-9-10-5-3-4-6-11(10)13;1-2-19-8-7-18-17-12(14)16-15-9-10-5-3-4-6-11(10)13;1-2-7-17-16-11(13)15-14-8-9-5-3-4-6-10(9)12;1-2-17-16-10(13)15-14-6-7-8(11)4-3-5-9(7)12;1-2-16-15-10(12)14-13-7-8-5-3-4-6-9(8)11;1-2-16-15-9(11)14-13-5-7-3-4-12-6-8(7)10;9-7-4-2-1-3-6(7)5-11-12-8(10)13-14/h3-7,9H,8H2,1-2H3,(H3,15,17,18);2*3-6,9H,2,7-8H2,1H3,(H3,14,16,17);3-6,8H,2,7H2,1H3,(H3,13,15,16);3-6H,2H2,1H3,(H3,13,15,16);3-7H,2H2,1H3,(H3,12,14,15);3-6H,2H2,1H3,(H3,11,14,15);1-5,14H,(H3,10,12,13)/b16-9+;2*15-9+;14-8+;14-6+;13-7+;13-5+;11-5+. The molecule has 1 aromatic heterocycles.